The third-order valence-electron chi connectivity index (χ3n) is 4.16. The molecule has 0 bridgehead atoms. The summed E-state index contributed by atoms with van der Waals surface area (Å²) in [6.07, 6.45) is -0.743. The highest BCUT2D eigenvalue weighted by Crippen LogP contribution is 2.34. The molecule has 0 saturated heterocycles. The Morgan fingerprint density at radius 3 is 2.44 bits per heavy atom. The number of hydrogen-bond donors (Lipinski definition) is 1. The molecule has 0 radical (unpaired) electrons. The normalized spacial score (nSPS) is 12.4. The van der Waals surface area contributed by atoms with Gasteiger partial charge in [0.2, 0.25) is 0 Å². The summed E-state index contributed by atoms with van der Waals surface area (Å²) in [7, 11) is 0. The fraction of sp³-hybridized carbons (Fsp3) is 0.0500. The Kier molecular flexibility index (Phi) is 4.17. The van der Waals surface area contributed by atoms with Crippen LogP contribution in [-0.2, 0) is 0 Å². The van der Waals surface area contributed by atoms with Gasteiger partial charge in [-0.3, -0.25) is 9.36 Å². The number of aliphatic hydroxyl groups is 1. The minimum Gasteiger partial charge on any atom is -0.384 e. The molecule has 5 heteroatoms. The molecule has 3 nitrogen and oxygen atoms in total. The van der Waals surface area contributed by atoms with Gasteiger partial charge >= 0.3 is 0 Å². The highest BCUT2D eigenvalue weighted by atomic mass is 35.5. The smallest absolute Gasteiger partial charge is 0.256 e. The van der Waals surface area contributed by atoms with Crippen molar-refractivity contribution in [1.82, 2.24) is 4.57 Å². The Labute approximate surface area is 153 Å². The number of rotatable bonds is 3. The summed E-state index contributed by atoms with van der Waals surface area (Å²) in [6, 6.07) is 20.0. The van der Waals surface area contributed by atoms with Crippen molar-refractivity contribution in [3.63, 3.8) is 0 Å². The Morgan fingerprint density at radius 1 is 0.960 bits per heavy atom. The van der Waals surface area contributed by atoms with Gasteiger partial charge in [0, 0.05) is 17.0 Å². The van der Waals surface area contributed by atoms with Gasteiger partial charge in [-0.1, -0.05) is 54.1 Å². The first-order chi connectivity index (χ1) is 12.2. The van der Waals surface area contributed by atoms with Crippen molar-refractivity contribution in [2.75, 3.05) is 0 Å². The van der Waals surface area contributed by atoms with E-state index in [9.17, 15) is 9.90 Å². The van der Waals surface area contributed by atoms with Crippen LogP contribution in [0.4, 0.5) is 0 Å². The molecule has 0 saturated carbocycles. The van der Waals surface area contributed by atoms with Gasteiger partial charge in [-0.05, 0) is 29.1 Å². The molecule has 4 aromatic rings. The summed E-state index contributed by atoms with van der Waals surface area (Å²) >= 11 is 7.72. The fourth-order valence-corrected chi connectivity index (χ4v) is 4.25. The van der Waals surface area contributed by atoms with Crippen molar-refractivity contribution in [2.24, 2.45) is 0 Å². The Morgan fingerprint density at radius 2 is 1.68 bits per heavy atom. The van der Waals surface area contributed by atoms with E-state index in [2.05, 4.69) is 0 Å². The van der Waals surface area contributed by atoms with Gasteiger partial charge in [-0.15, -0.1) is 11.3 Å². The molecular formula is C20H14ClNO2S. The van der Waals surface area contributed by atoms with E-state index < -0.39 is 6.10 Å². The first-order valence-electron chi connectivity index (χ1n) is 7.78. The number of nitrogens with zero attached hydrogens (tertiary/aromatic N) is 1. The second-order valence-electron chi connectivity index (χ2n) is 5.68. The third-order valence-corrected chi connectivity index (χ3v) is 5.48. The molecule has 0 fully saturated rings. The largest absolute Gasteiger partial charge is 0.384 e. The van der Waals surface area contributed by atoms with Crippen LogP contribution in [0.15, 0.2) is 76.9 Å². The van der Waals surface area contributed by atoms with E-state index in [1.807, 2.05) is 53.9 Å². The number of para-hydroxylation sites is 1. The summed E-state index contributed by atoms with van der Waals surface area (Å²) in [6.45, 7) is 0. The van der Waals surface area contributed by atoms with E-state index in [4.69, 9.17) is 11.6 Å². The molecule has 25 heavy (non-hydrogen) atoms. The monoisotopic (exact) mass is 367 g/mol. The minimum atomic E-state index is -0.743. The molecule has 2 aromatic heterocycles. The van der Waals surface area contributed by atoms with Crippen molar-refractivity contribution in [3.8, 4) is 5.69 Å². The molecule has 2 aromatic carbocycles. The predicted octanol–water partition coefficient (Wildman–Crippen LogP) is 4.79. The van der Waals surface area contributed by atoms with Crippen LogP contribution in [0, 0.1) is 0 Å². The molecule has 0 amide bonds. The molecule has 124 valence electrons. The van der Waals surface area contributed by atoms with Crippen molar-refractivity contribution < 1.29 is 5.11 Å². The average Bonchev–Trinajstić information content (AvgIpc) is 3.07. The highest BCUT2D eigenvalue weighted by molar-refractivity contribution is 7.17. The van der Waals surface area contributed by atoms with Gasteiger partial charge in [0.05, 0.1) is 10.7 Å². The van der Waals surface area contributed by atoms with E-state index in [0.29, 0.717) is 10.7 Å². The summed E-state index contributed by atoms with van der Waals surface area (Å²) in [4.78, 5) is 13.3. The van der Waals surface area contributed by atoms with Crippen LogP contribution >= 0.6 is 22.9 Å². The van der Waals surface area contributed by atoms with E-state index in [-0.39, 0.29) is 5.56 Å². The lowest BCUT2D eigenvalue weighted by molar-refractivity contribution is 0.222. The number of hydrogen-bond acceptors (Lipinski definition) is 3. The minimum absolute atomic E-state index is 0.150. The second-order valence-corrected chi connectivity index (χ2v) is 6.95. The lowest BCUT2D eigenvalue weighted by Crippen LogP contribution is -2.17. The molecule has 0 aliphatic carbocycles. The van der Waals surface area contributed by atoms with Crippen molar-refractivity contribution in [1.29, 1.82) is 0 Å². The van der Waals surface area contributed by atoms with Crippen LogP contribution in [0.3, 0.4) is 0 Å². The van der Waals surface area contributed by atoms with Crippen LogP contribution in [0.25, 0.3) is 15.9 Å². The van der Waals surface area contributed by atoms with E-state index in [1.165, 1.54) is 17.4 Å². The SMILES string of the molecule is O=c1ccc2c(C(O)c3ccccc3)csc2n1-c1ccccc1Cl. The molecule has 0 aliphatic rings. The second kappa shape index (κ2) is 6.48. The van der Waals surface area contributed by atoms with Gasteiger partial charge < -0.3 is 5.11 Å². The van der Waals surface area contributed by atoms with Gasteiger partial charge in [0.15, 0.2) is 0 Å². The van der Waals surface area contributed by atoms with Crippen LogP contribution in [0.2, 0.25) is 5.02 Å². The molecule has 2 heterocycles. The van der Waals surface area contributed by atoms with Crippen molar-refractivity contribution in [3.05, 3.63) is 98.6 Å². The molecule has 0 spiro atoms. The number of aliphatic hydroxyl groups excluding tert-OH is 1. The summed E-state index contributed by atoms with van der Waals surface area (Å²) in [5, 5.41) is 14.0. The van der Waals surface area contributed by atoms with E-state index >= 15 is 0 Å². The Balaban J connectivity index is 1.94. The van der Waals surface area contributed by atoms with Gasteiger partial charge in [-0.2, -0.15) is 0 Å². The first-order valence-corrected chi connectivity index (χ1v) is 9.03. The Hall–Kier alpha value is -2.40. The zero-order valence-corrected chi connectivity index (χ0v) is 14.7. The molecule has 4 rings (SSSR count). The van der Waals surface area contributed by atoms with Crippen molar-refractivity contribution in [2.45, 2.75) is 6.10 Å². The van der Waals surface area contributed by atoms with Crippen molar-refractivity contribution >= 4 is 33.2 Å². The quantitative estimate of drug-likeness (QED) is 0.565. The van der Waals surface area contributed by atoms with E-state index in [1.54, 1.807) is 16.7 Å². The number of thiophene rings is 1. The maximum atomic E-state index is 12.5. The number of aromatic nitrogens is 1. The molecule has 0 aliphatic heterocycles. The fourth-order valence-electron chi connectivity index (χ4n) is 2.93. The van der Waals surface area contributed by atoms with Crippen LogP contribution < -0.4 is 5.56 Å². The number of benzene rings is 2. The first kappa shape index (κ1) is 16.1. The van der Waals surface area contributed by atoms with Crippen LogP contribution in [0.5, 0.6) is 0 Å². The Bertz CT molecular complexity index is 1100. The summed E-state index contributed by atoms with van der Waals surface area (Å²) in [5.74, 6) is 0. The maximum Gasteiger partial charge on any atom is 0.256 e. The molecule has 1 N–H and O–H groups in total. The zero-order valence-electron chi connectivity index (χ0n) is 13.1. The highest BCUT2D eigenvalue weighted by Gasteiger charge is 2.18. The average molecular weight is 368 g/mol. The summed E-state index contributed by atoms with van der Waals surface area (Å²) in [5.41, 5.74) is 2.09. The lowest BCUT2D eigenvalue weighted by Gasteiger charge is -2.12. The molecular weight excluding hydrogens is 354 g/mol. The van der Waals surface area contributed by atoms with E-state index in [0.717, 1.165) is 21.3 Å². The molecule has 1 atom stereocenters. The third kappa shape index (κ3) is 2.78. The topological polar surface area (TPSA) is 42.2 Å². The van der Waals surface area contributed by atoms with Gasteiger partial charge in [-0.25, -0.2) is 0 Å². The number of halogens is 1. The van der Waals surface area contributed by atoms with Gasteiger partial charge in [0.1, 0.15) is 10.9 Å². The molecule has 1 unspecified atom stereocenters. The van der Waals surface area contributed by atoms with Gasteiger partial charge in [0.25, 0.3) is 5.56 Å². The lowest BCUT2D eigenvalue weighted by atomic mass is 10.0. The predicted molar refractivity (Wildman–Crippen MR) is 103 cm³/mol. The van der Waals surface area contributed by atoms with Crippen LogP contribution in [-0.4, -0.2) is 9.67 Å². The maximum absolute atomic E-state index is 12.5. The number of fused-ring (bicyclic) bond motifs is 1. The standard InChI is InChI=1S/C20H14ClNO2S/c21-16-8-4-5-9-17(16)22-18(23)11-10-14-15(12-25-20(14)22)19(24)13-6-2-1-3-7-13/h1-12,19,24H. The summed E-state index contributed by atoms with van der Waals surface area (Å²) < 4.78 is 1.60. The number of pyridine rings is 1. The zero-order chi connectivity index (χ0) is 17.4. The van der Waals surface area contributed by atoms with Crippen LogP contribution in [0.1, 0.15) is 17.2 Å².